The van der Waals surface area contributed by atoms with Gasteiger partial charge < -0.3 is 0 Å². The summed E-state index contributed by atoms with van der Waals surface area (Å²) < 4.78 is 0. The van der Waals surface area contributed by atoms with Gasteiger partial charge in [-0.3, -0.25) is 10.0 Å². The third-order valence-corrected chi connectivity index (χ3v) is 5.08. The minimum atomic E-state index is 0.797. The zero-order chi connectivity index (χ0) is 22.2. The Kier molecular flexibility index (Phi) is 6.73. The Hall–Kier alpha value is -4.18. The quantitative estimate of drug-likeness (QED) is 0.269. The molecule has 4 aromatic rings. The molecule has 0 bridgehead atoms. The molecule has 0 aliphatic heterocycles. The number of rotatable bonds is 7. The van der Waals surface area contributed by atoms with E-state index in [1.165, 1.54) is 0 Å². The minimum Gasteiger partial charge on any atom is -0.268 e. The predicted molar refractivity (Wildman–Crippen MR) is 136 cm³/mol. The summed E-state index contributed by atoms with van der Waals surface area (Å²) in [5.74, 6) is 0. The maximum Gasteiger partial charge on any atom is 0.119 e. The first kappa shape index (κ1) is 21.1. The van der Waals surface area contributed by atoms with Crippen molar-refractivity contribution in [2.24, 2.45) is 10.2 Å². The normalized spacial score (nSPS) is 11.8. The maximum atomic E-state index is 5.03. The second-order valence-corrected chi connectivity index (χ2v) is 7.35. The van der Waals surface area contributed by atoms with E-state index in [2.05, 4.69) is 24.3 Å². The molecule has 0 saturated heterocycles. The van der Waals surface area contributed by atoms with Crippen molar-refractivity contribution in [3.63, 3.8) is 0 Å². The van der Waals surface area contributed by atoms with Gasteiger partial charge in [-0.05, 0) is 24.3 Å². The van der Waals surface area contributed by atoms with Gasteiger partial charge in [0.1, 0.15) is 11.4 Å². The van der Waals surface area contributed by atoms with Crippen LogP contribution in [0.3, 0.4) is 0 Å². The molecular formula is C28H26N4. The van der Waals surface area contributed by atoms with Crippen LogP contribution < -0.4 is 10.0 Å². The number of nitrogens with zero attached hydrogens (tertiary/aromatic N) is 4. The molecular weight excluding hydrogens is 392 g/mol. The lowest BCUT2D eigenvalue weighted by molar-refractivity contribution is 1.01. The van der Waals surface area contributed by atoms with Gasteiger partial charge in [0.15, 0.2) is 0 Å². The average molecular weight is 419 g/mol. The first-order valence-corrected chi connectivity index (χ1v) is 10.6. The van der Waals surface area contributed by atoms with Crippen molar-refractivity contribution < 1.29 is 0 Å². The molecule has 158 valence electrons. The van der Waals surface area contributed by atoms with Gasteiger partial charge in [-0.2, -0.15) is 10.2 Å². The van der Waals surface area contributed by atoms with Gasteiger partial charge in [-0.1, -0.05) is 97.1 Å². The van der Waals surface area contributed by atoms with Gasteiger partial charge in [0, 0.05) is 25.2 Å². The van der Waals surface area contributed by atoms with Crippen LogP contribution in [0.2, 0.25) is 0 Å². The Labute approximate surface area is 189 Å². The second-order valence-electron chi connectivity index (χ2n) is 7.35. The molecule has 4 rings (SSSR count). The van der Waals surface area contributed by atoms with E-state index in [1.54, 1.807) is 0 Å². The average Bonchev–Trinajstić information content (AvgIpc) is 2.88. The van der Waals surface area contributed by atoms with Crippen LogP contribution in [0.4, 0.5) is 11.4 Å². The van der Waals surface area contributed by atoms with Crippen LogP contribution in [0, 0.1) is 0 Å². The van der Waals surface area contributed by atoms with E-state index in [1.807, 2.05) is 121 Å². The molecule has 4 heteroatoms. The van der Waals surface area contributed by atoms with Gasteiger partial charge in [-0.15, -0.1) is 0 Å². The van der Waals surface area contributed by atoms with E-state index in [9.17, 15) is 0 Å². The fraction of sp³-hybridized carbons (Fsp3) is 0.0714. The Morgan fingerprint density at radius 2 is 0.719 bits per heavy atom. The molecule has 4 nitrogen and oxygen atoms in total. The van der Waals surface area contributed by atoms with Crippen LogP contribution >= 0.6 is 0 Å². The number of anilines is 2. The molecule has 0 unspecified atom stereocenters. The maximum absolute atomic E-state index is 5.03. The first-order chi connectivity index (χ1) is 15.7. The molecule has 4 aromatic carbocycles. The van der Waals surface area contributed by atoms with E-state index in [-0.39, 0.29) is 0 Å². The SMILES string of the molecule is CN(/N=C(\C(=N/N(C)c1ccccc1)c1ccccc1)c1ccccc1)c1ccccc1. The molecule has 0 heterocycles. The van der Waals surface area contributed by atoms with Gasteiger partial charge in [0.2, 0.25) is 0 Å². The molecule has 0 aliphatic rings. The highest BCUT2D eigenvalue weighted by atomic mass is 15.5. The molecule has 0 amide bonds. The summed E-state index contributed by atoms with van der Waals surface area (Å²) in [6.45, 7) is 0. The molecule has 0 fully saturated rings. The van der Waals surface area contributed by atoms with Gasteiger partial charge in [-0.25, -0.2) is 0 Å². The third-order valence-electron chi connectivity index (χ3n) is 5.08. The van der Waals surface area contributed by atoms with Crippen LogP contribution in [0.5, 0.6) is 0 Å². The Morgan fingerprint density at radius 1 is 0.438 bits per heavy atom. The lowest BCUT2D eigenvalue weighted by Gasteiger charge is -2.20. The molecule has 0 radical (unpaired) electrons. The standard InChI is InChI=1S/C28H26N4/c1-31(25-19-11-5-12-20-25)29-27(23-15-7-3-8-16-23)28(24-17-9-4-10-18-24)30-32(2)26-21-13-6-14-22-26/h3-22H,1-2H3/b29-27-,30-28-. The summed E-state index contributed by atoms with van der Waals surface area (Å²) >= 11 is 0. The number of para-hydroxylation sites is 2. The van der Waals surface area contributed by atoms with E-state index in [4.69, 9.17) is 10.2 Å². The molecule has 0 aromatic heterocycles. The molecule has 0 spiro atoms. The summed E-state index contributed by atoms with van der Waals surface area (Å²) in [7, 11) is 3.92. The topological polar surface area (TPSA) is 31.2 Å². The summed E-state index contributed by atoms with van der Waals surface area (Å²) in [5.41, 5.74) is 5.60. The third kappa shape index (κ3) is 5.10. The van der Waals surface area contributed by atoms with E-state index in [0.29, 0.717) is 0 Å². The largest absolute Gasteiger partial charge is 0.268 e. The monoisotopic (exact) mass is 418 g/mol. The van der Waals surface area contributed by atoms with Gasteiger partial charge in [0.25, 0.3) is 0 Å². The highest BCUT2D eigenvalue weighted by Crippen LogP contribution is 2.18. The van der Waals surface area contributed by atoms with Crippen LogP contribution in [0.25, 0.3) is 0 Å². The predicted octanol–water partition coefficient (Wildman–Crippen LogP) is 6.07. The van der Waals surface area contributed by atoms with Gasteiger partial charge in [0.05, 0.1) is 11.4 Å². The lowest BCUT2D eigenvalue weighted by Crippen LogP contribution is -2.25. The van der Waals surface area contributed by atoms with Crippen molar-refractivity contribution in [2.75, 3.05) is 24.1 Å². The Balaban J connectivity index is 1.87. The van der Waals surface area contributed by atoms with E-state index < -0.39 is 0 Å². The van der Waals surface area contributed by atoms with Gasteiger partial charge >= 0.3 is 0 Å². The van der Waals surface area contributed by atoms with Crippen molar-refractivity contribution in [3.05, 3.63) is 132 Å². The van der Waals surface area contributed by atoms with Crippen LogP contribution in [-0.4, -0.2) is 25.5 Å². The summed E-state index contributed by atoms with van der Waals surface area (Å²) in [5, 5.41) is 13.9. The molecule has 0 N–H and O–H groups in total. The smallest absolute Gasteiger partial charge is 0.119 e. The summed E-state index contributed by atoms with van der Waals surface area (Å²) in [6, 6.07) is 40.6. The van der Waals surface area contributed by atoms with Crippen molar-refractivity contribution >= 4 is 22.8 Å². The first-order valence-electron chi connectivity index (χ1n) is 10.6. The number of hydrogen-bond acceptors (Lipinski definition) is 4. The Bertz CT molecular complexity index is 1070. The number of hydrazone groups is 2. The summed E-state index contributed by atoms with van der Waals surface area (Å²) in [6.07, 6.45) is 0. The van der Waals surface area contributed by atoms with Crippen molar-refractivity contribution in [3.8, 4) is 0 Å². The fourth-order valence-electron chi connectivity index (χ4n) is 3.38. The number of hydrogen-bond donors (Lipinski definition) is 0. The van der Waals surface area contributed by atoms with Crippen LogP contribution in [0.1, 0.15) is 11.1 Å². The minimum absolute atomic E-state index is 0.797. The van der Waals surface area contributed by atoms with Crippen molar-refractivity contribution in [2.45, 2.75) is 0 Å². The zero-order valence-corrected chi connectivity index (χ0v) is 18.3. The highest BCUT2D eigenvalue weighted by molar-refractivity contribution is 6.53. The lowest BCUT2D eigenvalue weighted by atomic mass is 10.00. The van der Waals surface area contributed by atoms with E-state index in [0.717, 1.165) is 33.9 Å². The molecule has 0 atom stereocenters. The second kappa shape index (κ2) is 10.2. The highest BCUT2D eigenvalue weighted by Gasteiger charge is 2.17. The number of benzene rings is 4. The molecule has 0 saturated carbocycles. The Morgan fingerprint density at radius 3 is 1.03 bits per heavy atom. The van der Waals surface area contributed by atoms with Crippen molar-refractivity contribution in [1.82, 2.24) is 0 Å². The van der Waals surface area contributed by atoms with E-state index >= 15 is 0 Å². The van der Waals surface area contributed by atoms with Crippen LogP contribution in [0.15, 0.2) is 132 Å². The molecule has 0 aliphatic carbocycles. The molecule has 32 heavy (non-hydrogen) atoms. The summed E-state index contributed by atoms with van der Waals surface area (Å²) in [4.78, 5) is 0. The fourth-order valence-corrected chi connectivity index (χ4v) is 3.38. The van der Waals surface area contributed by atoms with Crippen LogP contribution in [-0.2, 0) is 0 Å². The van der Waals surface area contributed by atoms with Crippen molar-refractivity contribution in [1.29, 1.82) is 0 Å². The zero-order valence-electron chi connectivity index (χ0n) is 18.3.